The van der Waals surface area contributed by atoms with Crippen molar-refractivity contribution < 1.29 is 4.74 Å². The predicted octanol–water partition coefficient (Wildman–Crippen LogP) is 3.04. The zero-order chi connectivity index (χ0) is 14.3. The maximum Gasteiger partial charge on any atom is 0.106 e. The molecule has 2 aromatic rings. The fraction of sp³-hybridized carbons (Fsp3) is 0.562. The topological polar surface area (TPSA) is 30.3 Å². The summed E-state index contributed by atoms with van der Waals surface area (Å²) in [6.45, 7) is 5.25. The summed E-state index contributed by atoms with van der Waals surface area (Å²) in [6, 6.07) is 8.31. The standard InChI is InChI=1S/C16H23N3OS/c1(4-8-18-9-11-20-12-10-18)5-13-21-19-14-17-15-6-2-3-7-16(15)19/h2-3,6-7,14H,1,4-5,8-13H2. The van der Waals surface area contributed by atoms with Crippen LogP contribution in [-0.2, 0) is 4.74 Å². The predicted molar refractivity (Wildman–Crippen MR) is 88.7 cm³/mol. The Hall–Kier alpha value is -1.04. The quantitative estimate of drug-likeness (QED) is 0.736. The van der Waals surface area contributed by atoms with E-state index in [-0.39, 0.29) is 0 Å². The van der Waals surface area contributed by atoms with E-state index in [1.54, 1.807) is 0 Å². The van der Waals surface area contributed by atoms with Crippen molar-refractivity contribution in [1.82, 2.24) is 13.9 Å². The highest BCUT2D eigenvalue weighted by molar-refractivity contribution is 7.97. The first-order chi connectivity index (χ1) is 10.4. The normalized spacial score (nSPS) is 16.6. The molecule has 1 aromatic carbocycles. The summed E-state index contributed by atoms with van der Waals surface area (Å²) >= 11 is 1.86. The van der Waals surface area contributed by atoms with E-state index in [9.17, 15) is 0 Å². The van der Waals surface area contributed by atoms with Gasteiger partial charge in [0.1, 0.15) is 6.33 Å². The van der Waals surface area contributed by atoms with E-state index in [1.807, 2.05) is 24.3 Å². The number of morpholine rings is 1. The third-order valence-corrected chi connectivity index (χ3v) is 4.91. The Morgan fingerprint density at radius 2 is 1.95 bits per heavy atom. The van der Waals surface area contributed by atoms with E-state index in [4.69, 9.17) is 4.74 Å². The molecule has 0 amide bonds. The Morgan fingerprint density at radius 3 is 2.86 bits per heavy atom. The molecule has 0 saturated carbocycles. The van der Waals surface area contributed by atoms with Gasteiger partial charge in [-0.2, -0.15) is 0 Å². The zero-order valence-corrected chi connectivity index (χ0v) is 13.2. The van der Waals surface area contributed by atoms with E-state index < -0.39 is 0 Å². The highest BCUT2D eigenvalue weighted by Gasteiger charge is 2.09. The molecule has 1 aliphatic heterocycles. The number of benzene rings is 1. The van der Waals surface area contributed by atoms with Gasteiger partial charge in [-0.15, -0.1) is 0 Å². The number of ether oxygens (including phenoxy) is 1. The average molecular weight is 305 g/mol. The number of imidazole rings is 1. The van der Waals surface area contributed by atoms with Crippen LogP contribution < -0.4 is 0 Å². The second-order valence-electron chi connectivity index (χ2n) is 5.41. The molecule has 0 atom stereocenters. The lowest BCUT2D eigenvalue weighted by molar-refractivity contribution is 0.0372. The van der Waals surface area contributed by atoms with E-state index in [1.165, 1.54) is 31.3 Å². The number of hydrogen-bond acceptors (Lipinski definition) is 4. The number of rotatable bonds is 7. The molecule has 0 radical (unpaired) electrons. The minimum atomic E-state index is 0.906. The van der Waals surface area contributed by atoms with Crippen LogP contribution in [0, 0.1) is 0 Å². The Bertz CT molecular complexity index is 551. The molecule has 3 rings (SSSR count). The molecule has 1 saturated heterocycles. The fourth-order valence-electron chi connectivity index (χ4n) is 2.64. The van der Waals surface area contributed by atoms with Crippen molar-refractivity contribution >= 4 is 23.0 Å². The molecular weight excluding hydrogens is 282 g/mol. The van der Waals surface area contributed by atoms with Crippen LogP contribution in [0.2, 0.25) is 0 Å². The number of para-hydroxylation sites is 2. The average Bonchev–Trinajstić information content (AvgIpc) is 2.95. The Morgan fingerprint density at radius 1 is 1.10 bits per heavy atom. The van der Waals surface area contributed by atoms with Gasteiger partial charge in [-0.25, -0.2) is 4.98 Å². The van der Waals surface area contributed by atoms with E-state index in [2.05, 4.69) is 32.1 Å². The summed E-state index contributed by atoms with van der Waals surface area (Å²) in [4.78, 5) is 6.93. The van der Waals surface area contributed by atoms with E-state index in [0.717, 1.165) is 37.6 Å². The van der Waals surface area contributed by atoms with Crippen LogP contribution in [0.4, 0.5) is 0 Å². The lowest BCUT2D eigenvalue weighted by Gasteiger charge is -2.26. The number of hydrogen-bond donors (Lipinski definition) is 0. The molecule has 1 aromatic heterocycles. The van der Waals surface area contributed by atoms with Crippen LogP contribution in [-0.4, -0.2) is 52.5 Å². The minimum absolute atomic E-state index is 0.906. The second-order valence-corrected chi connectivity index (χ2v) is 6.47. The Labute approximate surface area is 130 Å². The fourth-order valence-corrected chi connectivity index (χ4v) is 3.58. The lowest BCUT2D eigenvalue weighted by Crippen LogP contribution is -2.36. The van der Waals surface area contributed by atoms with Gasteiger partial charge in [-0.1, -0.05) is 18.6 Å². The summed E-state index contributed by atoms with van der Waals surface area (Å²) < 4.78 is 7.56. The van der Waals surface area contributed by atoms with E-state index >= 15 is 0 Å². The van der Waals surface area contributed by atoms with Gasteiger partial charge in [0.05, 0.1) is 24.2 Å². The van der Waals surface area contributed by atoms with Crippen molar-refractivity contribution in [2.75, 3.05) is 38.6 Å². The minimum Gasteiger partial charge on any atom is -0.379 e. The molecule has 114 valence electrons. The first-order valence-electron chi connectivity index (χ1n) is 7.79. The Kier molecular flexibility index (Phi) is 5.54. The van der Waals surface area contributed by atoms with Crippen molar-refractivity contribution in [3.63, 3.8) is 0 Å². The highest BCUT2D eigenvalue weighted by atomic mass is 32.2. The molecule has 21 heavy (non-hydrogen) atoms. The van der Waals surface area contributed by atoms with Crippen molar-refractivity contribution in [2.45, 2.75) is 19.3 Å². The maximum absolute atomic E-state index is 5.37. The van der Waals surface area contributed by atoms with Gasteiger partial charge in [0.25, 0.3) is 0 Å². The number of aromatic nitrogens is 2. The largest absolute Gasteiger partial charge is 0.379 e. The Balaban J connectivity index is 1.33. The van der Waals surface area contributed by atoms with Crippen LogP contribution in [0.3, 0.4) is 0 Å². The molecule has 2 heterocycles. The van der Waals surface area contributed by atoms with Crippen molar-refractivity contribution in [2.24, 2.45) is 0 Å². The summed E-state index contributed by atoms with van der Waals surface area (Å²) in [6.07, 6.45) is 5.80. The van der Waals surface area contributed by atoms with Crippen molar-refractivity contribution in [3.05, 3.63) is 30.6 Å². The zero-order valence-electron chi connectivity index (χ0n) is 12.4. The third-order valence-electron chi connectivity index (χ3n) is 3.87. The van der Waals surface area contributed by atoms with Crippen molar-refractivity contribution in [1.29, 1.82) is 0 Å². The summed E-state index contributed by atoms with van der Waals surface area (Å²) in [5.41, 5.74) is 2.30. The van der Waals surface area contributed by atoms with Crippen LogP contribution in [0.1, 0.15) is 19.3 Å². The van der Waals surface area contributed by atoms with Gasteiger partial charge >= 0.3 is 0 Å². The van der Waals surface area contributed by atoms with Crippen LogP contribution >= 0.6 is 11.9 Å². The molecule has 0 unspecified atom stereocenters. The summed E-state index contributed by atoms with van der Waals surface area (Å²) in [7, 11) is 0. The number of unbranched alkanes of at least 4 members (excludes halogenated alkanes) is 2. The van der Waals surface area contributed by atoms with Crippen molar-refractivity contribution in [3.8, 4) is 0 Å². The molecule has 0 N–H and O–H groups in total. The van der Waals surface area contributed by atoms with Gasteiger partial charge in [-0.05, 0) is 43.5 Å². The SMILES string of the molecule is c1ccc2c(c1)ncn2SCCCCCN1CCOCC1. The van der Waals surface area contributed by atoms with Crippen LogP contribution in [0.15, 0.2) is 30.6 Å². The third kappa shape index (κ3) is 4.22. The van der Waals surface area contributed by atoms with E-state index in [0.29, 0.717) is 0 Å². The molecule has 0 bridgehead atoms. The monoisotopic (exact) mass is 305 g/mol. The molecule has 1 fully saturated rings. The number of nitrogens with zero attached hydrogens (tertiary/aromatic N) is 3. The molecule has 0 aliphatic carbocycles. The smallest absolute Gasteiger partial charge is 0.106 e. The lowest BCUT2D eigenvalue weighted by atomic mass is 10.2. The van der Waals surface area contributed by atoms with Gasteiger partial charge in [0.2, 0.25) is 0 Å². The molecular formula is C16H23N3OS. The molecule has 0 spiro atoms. The summed E-state index contributed by atoms with van der Waals surface area (Å²) in [5, 5.41) is 0. The van der Waals surface area contributed by atoms with Gasteiger partial charge in [0, 0.05) is 18.8 Å². The highest BCUT2D eigenvalue weighted by Crippen LogP contribution is 2.19. The first kappa shape index (κ1) is 14.9. The van der Waals surface area contributed by atoms with Gasteiger partial charge in [-0.3, -0.25) is 8.87 Å². The van der Waals surface area contributed by atoms with Gasteiger partial charge < -0.3 is 4.74 Å². The second kappa shape index (κ2) is 7.82. The van der Waals surface area contributed by atoms with Gasteiger partial charge in [0.15, 0.2) is 0 Å². The first-order valence-corrected chi connectivity index (χ1v) is 8.73. The molecule has 4 nitrogen and oxygen atoms in total. The number of fused-ring (bicyclic) bond motifs is 1. The molecule has 5 heteroatoms. The maximum atomic E-state index is 5.37. The van der Waals surface area contributed by atoms with Crippen LogP contribution in [0.5, 0.6) is 0 Å². The van der Waals surface area contributed by atoms with Crippen LogP contribution in [0.25, 0.3) is 11.0 Å². The summed E-state index contributed by atoms with van der Waals surface area (Å²) in [5.74, 6) is 1.16. The molecule has 1 aliphatic rings.